The van der Waals surface area contributed by atoms with Crippen molar-refractivity contribution < 1.29 is 14.3 Å². The van der Waals surface area contributed by atoms with Gasteiger partial charge in [-0.2, -0.15) is 0 Å². The molecule has 2 fully saturated rings. The molecule has 1 aromatic rings. The van der Waals surface area contributed by atoms with Gasteiger partial charge in [-0.15, -0.1) is 0 Å². The number of nitrogens with zero attached hydrogens (tertiary/aromatic N) is 2. The van der Waals surface area contributed by atoms with Crippen molar-refractivity contribution in [1.82, 2.24) is 0 Å². The van der Waals surface area contributed by atoms with Gasteiger partial charge >= 0.3 is 0 Å². The maximum atomic E-state index is 11.8. The summed E-state index contributed by atoms with van der Waals surface area (Å²) >= 11 is 3.47. The largest absolute Gasteiger partial charge is 0.370 e. The number of rotatable bonds is 2. The average molecular weight is 339 g/mol. The third kappa shape index (κ3) is 2.58. The van der Waals surface area contributed by atoms with Crippen molar-refractivity contribution in [3.8, 4) is 0 Å². The van der Waals surface area contributed by atoms with Gasteiger partial charge in [-0.25, -0.2) is 0 Å². The van der Waals surface area contributed by atoms with Crippen molar-refractivity contribution in [2.75, 3.05) is 36.1 Å². The van der Waals surface area contributed by atoms with Gasteiger partial charge in [0.1, 0.15) is 6.61 Å². The summed E-state index contributed by atoms with van der Waals surface area (Å²) in [5, 5.41) is 0. The molecule has 2 heterocycles. The van der Waals surface area contributed by atoms with Gasteiger partial charge in [0.25, 0.3) is 5.91 Å². The molecule has 0 aliphatic carbocycles. The number of amides is 2. The van der Waals surface area contributed by atoms with Crippen molar-refractivity contribution in [3.63, 3.8) is 0 Å². The SMILES string of the molecule is O=C1COCCN1c1ccc(N2CC(Br)CC2=O)cc1. The number of carbonyl (C=O) groups is 2. The van der Waals surface area contributed by atoms with Crippen LogP contribution in [0.25, 0.3) is 0 Å². The number of halogens is 1. The molecular formula is C14H15BrN2O3. The van der Waals surface area contributed by atoms with Crippen molar-refractivity contribution in [2.45, 2.75) is 11.2 Å². The highest BCUT2D eigenvalue weighted by Crippen LogP contribution is 2.27. The highest BCUT2D eigenvalue weighted by Gasteiger charge is 2.29. The van der Waals surface area contributed by atoms with Crippen molar-refractivity contribution >= 4 is 39.1 Å². The van der Waals surface area contributed by atoms with Crippen LogP contribution in [0.15, 0.2) is 24.3 Å². The van der Waals surface area contributed by atoms with Crippen LogP contribution in [0.3, 0.4) is 0 Å². The number of hydrogen-bond donors (Lipinski definition) is 0. The maximum absolute atomic E-state index is 11.8. The lowest BCUT2D eigenvalue weighted by Gasteiger charge is -2.27. The van der Waals surface area contributed by atoms with Crippen LogP contribution in [0, 0.1) is 0 Å². The Kier molecular flexibility index (Phi) is 3.76. The quantitative estimate of drug-likeness (QED) is 0.769. The number of carbonyl (C=O) groups excluding carboxylic acids is 2. The van der Waals surface area contributed by atoms with Crippen LogP contribution >= 0.6 is 15.9 Å². The van der Waals surface area contributed by atoms with Gasteiger partial charge in [-0.3, -0.25) is 9.59 Å². The van der Waals surface area contributed by atoms with E-state index in [0.29, 0.717) is 26.1 Å². The Morgan fingerprint density at radius 2 is 1.70 bits per heavy atom. The molecule has 1 unspecified atom stereocenters. The Bertz CT molecular complexity index is 503. The lowest BCUT2D eigenvalue weighted by Crippen LogP contribution is -2.41. The normalized spacial score (nSPS) is 23.6. The molecule has 1 aromatic carbocycles. The second-order valence-corrected chi connectivity index (χ2v) is 6.22. The van der Waals surface area contributed by atoms with E-state index in [1.165, 1.54) is 0 Å². The van der Waals surface area contributed by atoms with Gasteiger partial charge < -0.3 is 14.5 Å². The van der Waals surface area contributed by atoms with Gasteiger partial charge in [0, 0.05) is 35.7 Å². The topological polar surface area (TPSA) is 49.9 Å². The molecule has 0 saturated carbocycles. The van der Waals surface area contributed by atoms with Crippen LogP contribution in [0.2, 0.25) is 0 Å². The maximum Gasteiger partial charge on any atom is 0.253 e. The smallest absolute Gasteiger partial charge is 0.253 e. The molecule has 5 nitrogen and oxygen atoms in total. The summed E-state index contributed by atoms with van der Waals surface area (Å²) in [5.41, 5.74) is 1.73. The molecule has 0 N–H and O–H groups in total. The van der Waals surface area contributed by atoms with Gasteiger partial charge in [0.15, 0.2) is 0 Å². The molecule has 0 aromatic heterocycles. The number of morpholine rings is 1. The summed E-state index contributed by atoms with van der Waals surface area (Å²) in [7, 11) is 0. The van der Waals surface area contributed by atoms with E-state index < -0.39 is 0 Å². The molecule has 2 aliphatic heterocycles. The summed E-state index contributed by atoms with van der Waals surface area (Å²) in [4.78, 5) is 27.3. The van der Waals surface area contributed by atoms with Crippen molar-refractivity contribution in [3.05, 3.63) is 24.3 Å². The van der Waals surface area contributed by atoms with Gasteiger partial charge in [0.05, 0.1) is 6.61 Å². The molecule has 3 rings (SSSR count). The Morgan fingerprint density at radius 1 is 1.05 bits per heavy atom. The fraction of sp³-hybridized carbons (Fsp3) is 0.429. The zero-order chi connectivity index (χ0) is 14.1. The third-order valence-electron chi connectivity index (χ3n) is 3.54. The van der Waals surface area contributed by atoms with E-state index in [-0.39, 0.29) is 23.2 Å². The molecule has 2 saturated heterocycles. The lowest BCUT2D eigenvalue weighted by molar-refractivity contribution is -0.125. The second-order valence-electron chi connectivity index (χ2n) is 4.92. The molecule has 20 heavy (non-hydrogen) atoms. The molecule has 0 bridgehead atoms. The summed E-state index contributed by atoms with van der Waals surface area (Å²) in [6.45, 7) is 1.96. The minimum atomic E-state index is -0.0261. The molecule has 6 heteroatoms. The van der Waals surface area contributed by atoms with E-state index in [4.69, 9.17) is 4.74 Å². The van der Waals surface area contributed by atoms with Gasteiger partial charge in [-0.05, 0) is 24.3 Å². The van der Waals surface area contributed by atoms with E-state index in [2.05, 4.69) is 15.9 Å². The monoisotopic (exact) mass is 338 g/mol. The molecule has 2 amide bonds. The molecule has 0 radical (unpaired) electrons. The number of anilines is 2. The first-order valence-corrected chi connectivity index (χ1v) is 7.49. The first kappa shape index (κ1) is 13.6. The molecule has 0 spiro atoms. The predicted molar refractivity (Wildman–Crippen MR) is 79.3 cm³/mol. The molecule has 1 atom stereocenters. The number of alkyl halides is 1. The van der Waals surface area contributed by atoms with Crippen molar-refractivity contribution in [1.29, 1.82) is 0 Å². The first-order chi connectivity index (χ1) is 9.65. The van der Waals surface area contributed by atoms with Gasteiger partial charge in [-0.1, -0.05) is 15.9 Å². The highest BCUT2D eigenvalue weighted by molar-refractivity contribution is 9.09. The van der Waals surface area contributed by atoms with E-state index >= 15 is 0 Å². The Labute approximate surface area is 125 Å². The van der Waals surface area contributed by atoms with Crippen LogP contribution in [0.4, 0.5) is 11.4 Å². The van der Waals surface area contributed by atoms with E-state index in [1.54, 1.807) is 9.80 Å². The standard InChI is InChI=1S/C14H15BrN2O3/c15-10-7-13(18)17(8-10)12-3-1-11(2-4-12)16-5-6-20-9-14(16)19/h1-4,10H,5-9H2. The van der Waals surface area contributed by atoms with Crippen LogP contribution in [0.1, 0.15) is 6.42 Å². The first-order valence-electron chi connectivity index (χ1n) is 6.58. The Hall–Kier alpha value is -1.40. The number of hydrogen-bond acceptors (Lipinski definition) is 3. The summed E-state index contributed by atoms with van der Waals surface area (Å²) in [6, 6.07) is 7.54. The molecule has 2 aliphatic rings. The zero-order valence-corrected chi connectivity index (χ0v) is 12.5. The summed E-state index contributed by atoms with van der Waals surface area (Å²) < 4.78 is 5.12. The van der Waals surface area contributed by atoms with Crippen molar-refractivity contribution in [2.24, 2.45) is 0 Å². The summed E-state index contributed by atoms with van der Waals surface area (Å²) in [6.07, 6.45) is 0.531. The summed E-state index contributed by atoms with van der Waals surface area (Å²) in [5.74, 6) is 0.101. The Morgan fingerprint density at radius 3 is 2.25 bits per heavy atom. The van der Waals surface area contributed by atoms with Gasteiger partial charge in [0.2, 0.25) is 5.91 Å². The minimum Gasteiger partial charge on any atom is -0.370 e. The molecular weight excluding hydrogens is 324 g/mol. The van der Waals surface area contributed by atoms with Crippen LogP contribution in [-0.2, 0) is 14.3 Å². The fourth-order valence-corrected chi connectivity index (χ4v) is 3.08. The lowest BCUT2D eigenvalue weighted by atomic mass is 10.2. The average Bonchev–Trinajstić information content (AvgIpc) is 2.79. The van der Waals surface area contributed by atoms with E-state index in [1.807, 2.05) is 24.3 Å². The predicted octanol–water partition coefficient (Wildman–Crippen LogP) is 1.55. The number of benzene rings is 1. The Balaban J connectivity index is 1.77. The van der Waals surface area contributed by atoms with Crippen LogP contribution in [0.5, 0.6) is 0 Å². The third-order valence-corrected chi connectivity index (χ3v) is 4.15. The van der Waals surface area contributed by atoms with Crippen LogP contribution in [-0.4, -0.2) is 42.9 Å². The number of ether oxygens (including phenoxy) is 1. The zero-order valence-electron chi connectivity index (χ0n) is 10.9. The molecule has 106 valence electrons. The second kappa shape index (κ2) is 5.54. The van der Waals surface area contributed by atoms with Crippen LogP contribution < -0.4 is 9.80 Å². The minimum absolute atomic E-state index is 0.0261. The fourth-order valence-electron chi connectivity index (χ4n) is 2.52. The highest BCUT2D eigenvalue weighted by atomic mass is 79.9. The van der Waals surface area contributed by atoms with E-state index in [0.717, 1.165) is 11.4 Å². The van der Waals surface area contributed by atoms with E-state index in [9.17, 15) is 9.59 Å².